The lowest BCUT2D eigenvalue weighted by atomic mass is 10.2. The number of hydrogen-bond acceptors (Lipinski definition) is 6. The average Bonchev–Trinajstić information content (AvgIpc) is 3.14. The quantitative estimate of drug-likeness (QED) is 0.629. The first-order chi connectivity index (χ1) is 13.5. The molecule has 0 spiro atoms. The van der Waals surface area contributed by atoms with Crippen LogP contribution in [0.1, 0.15) is 16.1 Å². The topological polar surface area (TPSA) is 95.3 Å². The highest BCUT2D eigenvalue weighted by molar-refractivity contribution is 5.90. The highest BCUT2D eigenvalue weighted by Crippen LogP contribution is 2.15. The maximum atomic E-state index is 12.9. The highest BCUT2D eigenvalue weighted by Gasteiger charge is 2.11. The van der Waals surface area contributed by atoms with Crippen molar-refractivity contribution >= 4 is 17.6 Å². The first-order valence-electron chi connectivity index (χ1n) is 8.29. The molecule has 0 unspecified atom stereocenters. The molecule has 0 fully saturated rings. The standard InChI is InChI=1S/C19H17FN4O4/c1-27-17-8-6-15(7-9-17)21-18(25)11-24-10-16(22-23-24)12-28-19(26)13-2-4-14(20)5-3-13/h2-10H,11-12H2,1H3,(H,21,25). The second-order valence-electron chi connectivity index (χ2n) is 5.77. The van der Waals surface area contributed by atoms with Gasteiger partial charge >= 0.3 is 5.97 Å². The number of hydrogen-bond donors (Lipinski definition) is 1. The molecule has 0 aliphatic rings. The Bertz CT molecular complexity index is 955. The number of aromatic nitrogens is 3. The summed E-state index contributed by atoms with van der Waals surface area (Å²) in [4.78, 5) is 24.0. The van der Waals surface area contributed by atoms with Crippen LogP contribution in [0.15, 0.2) is 54.7 Å². The van der Waals surface area contributed by atoms with Crippen molar-refractivity contribution in [3.8, 4) is 5.75 Å². The van der Waals surface area contributed by atoms with Gasteiger partial charge in [0.05, 0.1) is 18.9 Å². The number of amides is 1. The molecule has 8 nitrogen and oxygen atoms in total. The van der Waals surface area contributed by atoms with E-state index in [4.69, 9.17) is 9.47 Å². The van der Waals surface area contributed by atoms with Crippen LogP contribution in [0.5, 0.6) is 5.75 Å². The number of anilines is 1. The van der Waals surface area contributed by atoms with E-state index in [-0.39, 0.29) is 24.6 Å². The molecule has 144 valence electrons. The number of rotatable bonds is 7. The molecule has 0 saturated heterocycles. The molecular weight excluding hydrogens is 367 g/mol. The largest absolute Gasteiger partial charge is 0.497 e. The zero-order chi connectivity index (χ0) is 19.9. The molecule has 3 rings (SSSR count). The monoisotopic (exact) mass is 384 g/mol. The van der Waals surface area contributed by atoms with Gasteiger partial charge in [0.15, 0.2) is 0 Å². The summed E-state index contributed by atoms with van der Waals surface area (Å²) < 4.78 is 24.4. The van der Waals surface area contributed by atoms with Crippen LogP contribution in [0, 0.1) is 5.82 Å². The smallest absolute Gasteiger partial charge is 0.338 e. The van der Waals surface area contributed by atoms with E-state index in [9.17, 15) is 14.0 Å². The summed E-state index contributed by atoms with van der Waals surface area (Å²) in [5.74, 6) is -0.641. The predicted molar refractivity (Wildman–Crippen MR) is 97.2 cm³/mol. The summed E-state index contributed by atoms with van der Waals surface area (Å²) in [5, 5.41) is 10.4. The molecule has 0 atom stereocenters. The molecule has 0 aliphatic carbocycles. The van der Waals surface area contributed by atoms with Crippen molar-refractivity contribution in [1.82, 2.24) is 15.0 Å². The Labute approximate surface area is 159 Å². The van der Waals surface area contributed by atoms with Gasteiger partial charge < -0.3 is 14.8 Å². The van der Waals surface area contributed by atoms with Gasteiger partial charge in [-0.15, -0.1) is 5.10 Å². The number of nitrogens with one attached hydrogen (secondary N) is 1. The molecule has 1 aromatic heterocycles. The Balaban J connectivity index is 1.49. The van der Waals surface area contributed by atoms with Crippen molar-refractivity contribution in [1.29, 1.82) is 0 Å². The molecule has 28 heavy (non-hydrogen) atoms. The minimum absolute atomic E-state index is 0.0507. The Kier molecular flexibility index (Phi) is 5.95. The predicted octanol–water partition coefficient (Wildman–Crippen LogP) is 2.42. The lowest BCUT2D eigenvalue weighted by Crippen LogP contribution is -2.19. The second-order valence-corrected chi connectivity index (χ2v) is 5.77. The van der Waals surface area contributed by atoms with Gasteiger partial charge in [-0.3, -0.25) is 4.79 Å². The SMILES string of the molecule is COc1ccc(NC(=O)Cn2cc(COC(=O)c3ccc(F)cc3)nn2)cc1. The van der Waals surface area contributed by atoms with Crippen molar-refractivity contribution in [2.45, 2.75) is 13.2 Å². The molecular formula is C19H17FN4O4. The van der Waals surface area contributed by atoms with Crippen LogP contribution in [0.4, 0.5) is 10.1 Å². The van der Waals surface area contributed by atoms with Crippen LogP contribution in [-0.2, 0) is 22.7 Å². The van der Waals surface area contributed by atoms with Crippen LogP contribution < -0.4 is 10.1 Å². The zero-order valence-corrected chi connectivity index (χ0v) is 15.0. The summed E-state index contributed by atoms with van der Waals surface area (Å²) in [6.45, 7) is -0.165. The van der Waals surface area contributed by atoms with E-state index < -0.39 is 11.8 Å². The zero-order valence-electron chi connectivity index (χ0n) is 15.0. The fourth-order valence-electron chi connectivity index (χ4n) is 2.31. The first kappa shape index (κ1) is 19.0. The van der Waals surface area contributed by atoms with Gasteiger partial charge in [-0.05, 0) is 48.5 Å². The van der Waals surface area contributed by atoms with Crippen molar-refractivity contribution in [3.63, 3.8) is 0 Å². The Morgan fingerprint density at radius 3 is 2.50 bits per heavy atom. The molecule has 3 aromatic rings. The third kappa shape index (κ3) is 5.13. The fourth-order valence-corrected chi connectivity index (χ4v) is 2.31. The van der Waals surface area contributed by atoms with Crippen LogP contribution in [0.2, 0.25) is 0 Å². The first-order valence-corrected chi connectivity index (χ1v) is 8.29. The van der Waals surface area contributed by atoms with E-state index in [1.54, 1.807) is 31.4 Å². The molecule has 1 amide bonds. The number of esters is 1. The molecule has 0 saturated carbocycles. The van der Waals surface area contributed by atoms with Crippen molar-refractivity contribution in [2.24, 2.45) is 0 Å². The Morgan fingerprint density at radius 1 is 1.11 bits per heavy atom. The van der Waals surface area contributed by atoms with E-state index >= 15 is 0 Å². The minimum atomic E-state index is -0.605. The number of carbonyl (C=O) groups is 2. The number of nitrogens with zero attached hydrogens (tertiary/aromatic N) is 3. The van der Waals surface area contributed by atoms with Crippen LogP contribution >= 0.6 is 0 Å². The number of carbonyl (C=O) groups excluding carboxylic acids is 2. The second kappa shape index (κ2) is 8.76. The van der Waals surface area contributed by atoms with E-state index in [0.717, 1.165) is 0 Å². The molecule has 1 N–H and O–H groups in total. The lowest BCUT2D eigenvalue weighted by Gasteiger charge is -2.06. The van der Waals surface area contributed by atoms with Gasteiger partial charge in [0.25, 0.3) is 0 Å². The summed E-state index contributed by atoms with van der Waals surface area (Å²) >= 11 is 0. The van der Waals surface area contributed by atoms with Crippen LogP contribution in [-0.4, -0.2) is 34.0 Å². The van der Waals surface area contributed by atoms with Crippen molar-refractivity contribution < 1.29 is 23.5 Å². The number of halogens is 1. The van der Waals surface area contributed by atoms with Crippen LogP contribution in [0.25, 0.3) is 0 Å². The highest BCUT2D eigenvalue weighted by atomic mass is 19.1. The third-order valence-electron chi connectivity index (χ3n) is 3.70. The maximum Gasteiger partial charge on any atom is 0.338 e. The average molecular weight is 384 g/mol. The van der Waals surface area contributed by atoms with Gasteiger partial charge in [0.1, 0.15) is 30.4 Å². The summed E-state index contributed by atoms with van der Waals surface area (Å²) in [7, 11) is 1.56. The third-order valence-corrected chi connectivity index (χ3v) is 3.70. The van der Waals surface area contributed by atoms with Crippen LogP contribution in [0.3, 0.4) is 0 Å². The normalized spacial score (nSPS) is 10.4. The molecule has 0 radical (unpaired) electrons. The number of methoxy groups -OCH3 is 1. The molecule has 2 aromatic carbocycles. The summed E-state index contributed by atoms with van der Waals surface area (Å²) in [5.41, 5.74) is 1.24. The van der Waals surface area contributed by atoms with E-state index in [1.165, 1.54) is 35.1 Å². The van der Waals surface area contributed by atoms with E-state index in [1.807, 2.05) is 0 Å². The minimum Gasteiger partial charge on any atom is -0.497 e. The summed E-state index contributed by atoms with van der Waals surface area (Å²) in [6.07, 6.45) is 1.51. The molecule has 9 heteroatoms. The number of ether oxygens (including phenoxy) is 2. The molecule has 0 bridgehead atoms. The van der Waals surface area contributed by atoms with Gasteiger partial charge in [0.2, 0.25) is 5.91 Å². The van der Waals surface area contributed by atoms with E-state index in [2.05, 4.69) is 15.6 Å². The van der Waals surface area contributed by atoms with Gasteiger partial charge in [0, 0.05) is 5.69 Å². The Morgan fingerprint density at radius 2 is 1.82 bits per heavy atom. The maximum absolute atomic E-state index is 12.9. The molecule has 0 aliphatic heterocycles. The van der Waals surface area contributed by atoms with Gasteiger partial charge in [-0.1, -0.05) is 5.21 Å². The van der Waals surface area contributed by atoms with Gasteiger partial charge in [-0.2, -0.15) is 0 Å². The van der Waals surface area contributed by atoms with Gasteiger partial charge in [-0.25, -0.2) is 13.9 Å². The van der Waals surface area contributed by atoms with Crippen molar-refractivity contribution in [2.75, 3.05) is 12.4 Å². The number of benzene rings is 2. The molecule has 1 heterocycles. The van der Waals surface area contributed by atoms with Crippen molar-refractivity contribution in [3.05, 3.63) is 71.8 Å². The Hall–Kier alpha value is -3.75. The lowest BCUT2D eigenvalue weighted by molar-refractivity contribution is -0.116. The fraction of sp³-hybridized carbons (Fsp3) is 0.158. The summed E-state index contributed by atoms with van der Waals surface area (Å²) in [6, 6.07) is 11.9. The van der Waals surface area contributed by atoms with E-state index in [0.29, 0.717) is 17.1 Å².